The van der Waals surface area contributed by atoms with Crippen molar-refractivity contribution in [1.29, 1.82) is 0 Å². The molecule has 0 spiro atoms. The second kappa shape index (κ2) is 4.98. The Kier molecular flexibility index (Phi) is 3.19. The number of nitrogens with one attached hydrogen (secondary N) is 1. The van der Waals surface area contributed by atoms with E-state index in [1.165, 1.54) is 12.8 Å². The van der Waals surface area contributed by atoms with E-state index in [9.17, 15) is 0 Å². The van der Waals surface area contributed by atoms with Gasteiger partial charge in [0.1, 0.15) is 0 Å². The summed E-state index contributed by atoms with van der Waals surface area (Å²) in [5.74, 6) is 1.56. The topological polar surface area (TPSA) is 38.6 Å². The number of aromatic nitrogens is 2. The number of rotatable bonds is 3. The molecule has 4 nitrogen and oxygen atoms in total. The summed E-state index contributed by atoms with van der Waals surface area (Å²) in [6, 6.07) is 4.01. The third-order valence-electron chi connectivity index (χ3n) is 3.50. The molecular weight excluding hydrogens is 226 g/mol. The van der Waals surface area contributed by atoms with E-state index in [-0.39, 0.29) is 0 Å². The first-order valence-corrected chi connectivity index (χ1v) is 6.61. The Morgan fingerprint density at radius 2 is 2.28 bits per heavy atom. The van der Waals surface area contributed by atoms with E-state index in [4.69, 9.17) is 4.74 Å². The second-order valence-electron chi connectivity index (χ2n) is 4.99. The molecule has 0 radical (unpaired) electrons. The lowest BCUT2D eigenvalue weighted by Crippen LogP contribution is -2.30. The third kappa shape index (κ3) is 2.34. The highest BCUT2D eigenvalue weighted by Crippen LogP contribution is 2.21. The van der Waals surface area contributed by atoms with Gasteiger partial charge in [0.2, 0.25) is 0 Å². The Labute approximate surface area is 107 Å². The summed E-state index contributed by atoms with van der Waals surface area (Å²) in [6.45, 7) is 5.03. The van der Waals surface area contributed by atoms with Crippen LogP contribution in [0.3, 0.4) is 0 Å². The highest BCUT2D eigenvalue weighted by atomic mass is 16.5. The summed E-state index contributed by atoms with van der Waals surface area (Å²) in [5, 5.41) is 3.37. The molecule has 0 bridgehead atoms. The summed E-state index contributed by atoms with van der Waals surface area (Å²) in [4.78, 5) is 4.50. The Morgan fingerprint density at radius 3 is 3.11 bits per heavy atom. The van der Waals surface area contributed by atoms with E-state index >= 15 is 0 Å². The largest absolute Gasteiger partial charge is 0.489 e. The highest BCUT2D eigenvalue weighted by Gasteiger charge is 2.14. The van der Waals surface area contributed by atoms with Crippen molar-refractivity contribution in [3.05, 3.63) is 30.2 Å². The standard InChI is InChI=1S/C14H19N3O/c1-11-9-17-8-2-3-13(14(17)16-11)18-10-12-4-6-15-7-5-12/h2-3,8-9,12,15H,4-7,10H2,1H3. The quantitative estimate of drug-likeness (QED) is 0.899. The lowest BCUT2D eigenvalue weighted by Gasteiger charge is -2.22. The summed E-state index contributed by atoms with van der Waals surface area (Å²) in [5.41, 5.74) is 1.94. The zero-order valence-electron chi connectivity index (χ0n) is 10.7. The average Bonchev–Trinajstić information content (AvgIpc) is 2.78. The van der Waals surface area contributed by atoms with Crippen molar-refractivity contribution >= 4 is 5.65 Å². The van der Waals surface area contributed by atoms with E-state index in [0.29, 0.717) is 5.92 Å². The average molecular weight is 245 g/mol. The molecule has 1 aliphatic rings. The number of fused-ring (bicyclic) bond motifs is 1. The number of imidazole rings is 1. The fourth-order valence-electron chi connectivity index (χ4n) is 2.48. The third-order valence-corrected chi connectivity index (χ3v) is 3.50. The molecule has 0 amide bonds. The maximum absolute atomic E-state index is 5.96. The van der Waals surface area contributed by atoms with Gasteiger partial charge in [-0.25, -0.2) is 4.98 Å². The molecule has 3 heterocycles. The lowest BCUT2D eigenvalue weighted by molar-refractivity contribution is 0.216. The van der Waals surface area contributed by atoms with Gasteiger partial charge in [0.25, 0.3) is 0 Å². The first-order valence-electron chi connectivity index (χ1n) is 6.61. The van der Waals surface area contributed by atoms with Gasteiger partial charge in [0.05, 0.1) is 12.3 Å². The maximum Gasteiger partial charge on any atom is 0.179 e. The monoisotopic (exact) mass is 245 g/mol. The fourth-order valence-corrected chi connectivity index (χ4v) is 2.48. The highest BCUT2D eigenvalue weighted by molar-refractivity contribution is 5.54. The van der Waals surface area contributed by atoms with Gasteiger partial charge in [-0.05, 0) is 50.9 Å². The molecular formula is C14H19N3O. The summed E-state index contributed by atoms with van der Waals surface area (Å²) < 4.78 is 7.98. The van der Waals surface area contributed by atoms with Crippen LogP contribution in [0.2, 0.25) is 0 Å². The first-order chi connectivity index (χ1) is 8.83. The normalized spacial score (nSPS) is 17.2. The van der Waals surface area contributed by atoms with E-state index < -0.39 is 0 Å². The van der Waals surface area contributed by atoms with Gasteiger partial charge < -0.3 is 14.5 Å². The summed E-state index contributed by atoms with van der Waals surface area (Å²) in [6.07, 6.45) is 6.44. The van der Waals surface area contributed by atoms with Crippen molar-refractivity contribution in [2.24, 2.45) is 5.92 Å². The summed E-state index contributed by atoms with van der Waals surface area (Å²) in [7, 11) is 0. The Balaban J connectivity index is 1.73. The number of nitrogens with zero attached hydrogens (tertiary/aromatic N) is 2. The molecule has 4 heteroatoms. The number of hydrogen-bond donors (Lipinski definition) is 1. The molecule has 0 saturated carbocycles. The van der Waals surface area contributed by atoms with Crippen LogP contribution in [0.25, 0.3) is 5.65 Å². The fraction of sp³-hybridized carbons (Fsp3) is 0.500. The number of aryl methyl sites for hydroxylation is 1. The number of hydrogen-bond acceptors (Lipinski definition) is 3. The van der Waals surface area contributed by atoms with Crippen LogP contribution in [0.5, 0.6) is 5.75 Å². The van der Waals surface area contributed by atoms with Crippen molar-refractivity contribution in [2.45, 2.75) is 19.8 Å². The lowest BCUT2D eigenvalue weighted by atomic mass is 9.99. The zero-order chi connectivity index (χ0) is 12.4. The van der Waals surface area contributed by atoms with Gasteiger partial charge in [-0.2, -0.15) is 0 Å². The summed E-state index contributed by atoms with van der Waals surface area (Å²) >= 11 is 0. The van der Waals surface area contributed by atoms with E-state index in [0.717, 1.165) is 36.8 Å². The molecule has 0 aromatic carbocycles. The van der Waals surface area contributed by atoms with Crippen molar-refractivity contribution in [3.8, 4) is 5.75 Å². The Morgan fingerprint density at radius 1 is 1.44 bits per heavy atom. The van der Waals surface area contributed by atoms with Crippen molar-refractivity contribution in [2.75, 3.05) is 19.7 Å². The maximum atomic E-state index is 5.96. The van der Waals surface area contributed by atoms with Gasteiger partial charge in [-0.1, -0.05) is 0 Å². The SMILES string of the molecule is Cc1cn2cccc(OCC3CCNCC3)c2n1. The number of ether oxygens (including phenoxy) is 1. The minimum Gasteiger partial charge on any atom is -0.489 e. The van der Waals surface area contributed by atoms with Crippen LogP contribution in [0, 0.1) is 12.8 Å². The van der Waals surface area contributed by atoms with Crippen LogP contribution in [0.4, 0.5) is 0 Å². The van der Waals surface area contributed by atoms with Gasteiger partial charge >= 0.3 is 0 Å². The second-order valence-corrected chi connectivity index (χ2v) is 4.99. The molecule has 1 N–H and O–H groups in total. The van der Waals surface area contributed by atoms with Crippen molar-refractivity contribution in [1.82, 2.24) is 14.7 Å². The Bertz CT molecular complexity index is 529. The van der Waals surface area contributed by atoms with Crippen LogP contribution in [0.1, 0.15) is 18.5 Å². The van der Waals surface area contributed by atoms with Crippen LogP contribution in [0.15, 0.2) is 24.5 Å². The molecule has 18 heavy (non-hydrogen) atoms. The molecule has 0 atom stereocenters. The molecule has 2 aromatic rings. The Hall–Kier alpha value is -1.55. The van der Waals surface area contributed by atoms with Gasteiger partial charge in [0, 0.05) is 12.4 Å². The van der Waals surface area contributed by atoms with E-state index in [1.807, 2.05) is 35.9 Å². The predicted molar refractivity (Wildman–Crippen MR) is 71.0 cm³/mol. The molecule has 96 valence electrons. The first kappa shape index (κ1) is 11.5. The number of pyridine rings is 1. The smallest absolute Gasteiger partial charge is 0.179 e. The molecule has 0 aliphatic carbocycles. The minimum atomic E-state index is 0.669. The predicted octanol–water partition coefficient (Wildman–Crippen LogP) is 2.02. The van der Waals surface area contributed by atoms with E-state index in [2.05, 4.69) is 10.3 Å². The van der Waals surface area contributed by atoms with Crippen LogP contribution < -0.4 is 10.1 Å². The zero-order valence-corrected chi connectivity index (χ0v) is 10.7. The van der Waals surface area contributed by atoms with Crippen molar-refractivity contribution in [3.63, 3.8) is 0 Å². The van der Waals surface area contributed by atoms with Crippen LogP contribution in [-0.2, 0) is 0 Å². The number of piperidine rings is 1. The minimum absolute atomic E-state index is 0.669. The molecule has 1 fully saturated rings. The van der Waals surface area contributed by atoms with Gasteiger partial charge in [-0.15, -0.1) is 0 Å². The van der Waals surface area contributed by atoms with Crippen LogP contribution >= 0.6 is 0 Å². The molecule has 1 aliphatic heterocycles. The molecule has 2 aromatic heterocycles. The molecule has 3 rings (SSSR count). The van der Waals surface area contributed by atoms with E-state index in [1.54, 1.807) is 0 Å². The van der Waals surface area contributed by atoms with Gasteiger partial charge in [-0.3, -0.25) is 0 Å². The van der Waals surface area contributed by atoms with Crippen molar-refractivity contribution < 1.29 is 4.74 Å². The van der Waals surface area contributed by atoms with Crippen LogP contribution in [-0.4, -0.2) is 29.1 Å². The molecule has 1 saturated heterocycles. The molecule has 0 unspecified atom stereocenters. The van der Waals surface area contributed by atoms with Gasteiger partial charge in [0.15, 0.2) is 11.4 Å².